The Balaban J connectivity index is 0.000000156. The molecule has 2 aliphatic heterocycles. The third kappa shape index (κ3) is 4.66. The summed E-state index contributed by atoms with van der Waals surface area (Å²) >= 11 is 0. The SMILES string of the molecule is CN1CCc2ccc([N+](=O)[O-])cc2C1.O=[N+]([O-])c1ccc2c(c1)CNCC2. The van der Waals surface area contributed by atoms with E-state index in [0.29, 0.717) is 0 Å². The maximum absolute atomic E-state index is 10.6. The van der Waals surface area contributed by atoms with E-state index in [0.717, 1.165) is 50.1 Å². The minimum absolute atomic E-state index is 0.183. The number of hydrogen-bond acceptors (Lipinski definition) is 6. The molecule has 0 amide bonds. The van der Waals surface area contributed by atoms with Crippen LogP contribution < -0.4 is 5.32 Å². The first-order valence-corrected chi connectivity index (χ1v) is 8.85. The van der Waals surface area contributed by atoms with Gasteiger partial charge < -0.3 is 10.2 Å². The summed E-state index contributed by atoms with van der Waals surface area (Å²) in [6, 6.07) is 10.2. The zero-order valence-corrected chi connectivity index (χ0v) is 15.2. The van der Waals surface area contributed by atoms with Gasteiger partial charge >= 0.3 is 0 Å². The van der Waals surface area contributed by atoms with E-state index >= 15 is 0 Å². The predicted molar refractivity (Wildman–Crippen MR) is 102 cm³/mol. The number of benzene rings is 2. The molecule has 2 aliphatic rings. The van der Waals surface area contributed by atoms with Gasteiger partial charge in [0.05, 0.1) is 9.85 Å². The number of likely N-dealkylation sites (N-methyl/N-ethyl adjacent to an activating group) is 1. The fraction of sp³-hybridized carbons (Fsp3) is 0.368. The molecule has 0 radical (unpaired) electrons. The molecule has 8 heteroatoms. The van der Waals surface area contributed by atoms with Crippen molar-refractivity contribution in [2.45, 2.75) is 25.9 Å². The van der Waals surface area contributed by atoms with Crippen LogP contribution in [0.25, 0.3) is 0 Å². The standard InChI is InChI=1S/C10H12N2O2.C9H10N2O2/c1-11-5-4-8-2-3-10(12(13)14)6-9(8)7-11;12-11(13)9-2-1-7-3-4-10-6-8(7)5-9/h2-3,6H,4-5,7H2,1H3;1-2,5,10H,3-4,6H2. The van der Waals surface area contributed by atoms with Crippen LogP contribution in [0.1, 0.15) is 22.3 Å². The van der Waals surface area contributed by atoms with E-state index < -0.39 is 0 Å². The van der Waals surface area contributed by atoms with Gasteiger partial charge in [0.2, 0.25) is 0 Å². The first-order valence-electron chi connectivity index (χ1n) is 8.85. The van der Waals surface area contributed by atoms with Gasteiger partial charge in [-0.2, -0.15) is 0 Å². The molecule has 0 saturated heterocycles. The lowest BCUT2D eigenvalue weighted by molar-refractivity contribution is -0.385. The van der Waals surface area contributed by atoms with Crippen molar-refractivity contribution in [2.24, 2.45) is 0 Å². The van der Waals surface area contributed by atoms with Crippen LogP contribution in [0.2, 0.25) is 0 Å². The summed E-state index contributed by atoms with van der Waals surface area (Å²) in [4.78, 5) is 22.5. The topological polar surface area (TPSA) is 102 Å². The zero-order valence-electron chi connectivity index (χ0n) is 15.2. The second kappa shape index (κ2) is 8.24. The lowest BCUT2D eigenvalue weighted by Gasteiger charge is -2.24. The molecule has 1 N–H and O–H groups in total. The van der Waals surface area contributed by atoms with Gasteiger partial charge in [0, 0.05) is 43.9 Å². The zero-order chi connectivity index (χ0) is 19.4. The van der Waals surface area contributed by atoms with Crippen LogP contribution in [0, 0.1) is 20.2 Å². The van der Waals surface area contributed by atoms with E-state index in [4.69, 9.17) is 0 Å². The first kappa shape index (κ1) is 18.9. The van der Waals surface area contributed by atoms with E-state index in [1.54, 1.807) is 24.3 Å². The molecule has 4 rings (SSSR count). The van der Waals surface area contributed by atoms with Crippen LogP contribution in [-0.4, -0.2) is 34.9 Å². The highest BCUT2D eigenvalue weighted by Gasteiger charge is 2.16. The second-order valence-corrected chi connectivity index (χ2v) is 6.83. The molecule has 0 aromatic heterocycles. The number of nitro groups is 2. The van der Waals surface area contributed by atoms with Gasteiger partial charge in [-0.15, -0.1) is 0 Å². The van der Waals surface area contributed by atoms with Crippen molar-refractivity contribution >= 4 is 11.4 Å². The van der Waals surface area contributed by atoms with Crippen LogP contribution in [0.3, 0.4) is 0 Å². The van der Waals surface area contributed by atoms with Gasteiger partial charge in [-0.25, -0.2) is 0 Å². The summed E-state index contributed by atoms with van der Waals surface area (Å²) in [5.74, 6) is 0. The normalized spacial score (nSPS) is 15.7. The Hall–Kier alpha value is -2.84. The number of hydrogen-bond donors (Lipinski definition) is 1. The van der Waals surface area contributed by atoms with Gasteiger partial charge in [-0.05, 0) is 48.7 Å². The van der Waals surface area contributed by atoms with E-state index in [2.05, 4.69) is 10.2 Å². The number of fused-ring (bicyclic) bond motifs is 2. The van der Waals surface area contributed by atoms with Gasteiger partial charge in [-0.3, -0.25) is 20.2 Å². The lowest BCUT2D eigenvalue weighted by atomic mass is 10.00. The average molecular weight is 370 g/mol. The summed E-state index contributed by atoms with van der Waals surface area (Å²) in [7, 11) is 2.03. The Morgan fingerprint density at radius 2 is 1.48 bits per heavy atom. The maximum Gasteiger partial charge on any atom is 0.269 e. The molecule has 0 atom stereocenters. The van der Waals surface area contributed by atoms with Crippen molar-refractivity contribution in [1.29, 1.82) is 0 Å². The van der Waals surface area contributed by atoms with E-state index in [1.165, 1.54) is 11.1 Å². The van der Waals surface area contributed by atoms with Gasteiger partial charge in [0.25, 0.3) is 11.4 Å². The Morgan fingerprint density at radius 3 is 2.11 bits per heavy atom. The average Bonchev–Trinajstić information content (AvgIpc) is 2.67. The molecule has 8 nitrogen and oxygen atoms in total. The van der Waals surface area contributed by atoms with Crippen molar-refractivity contribution in [1.82, 2.24) is 10.2 Å². The Kier molecular flexibility index (Phi) is 5.78. The van der Waals surface area contributed by atoms with Crippen LogP contribution in [0.4, 0.5) is 11.4 Å². The quantitative estimate of drug-likeness (QED) is 0.644. The molecule has 0 aliphatic carbocycles. The molecule has 27 heavy (non-hydrogen) atoms. The molecular formula is C19H22N4O4. The third-order valence-corrected chi connectivity index (χ3v) is 4.89. The van der Waals surface area contributed by atoms with Crippen molar-refractivity contribution in [3.05, 3.63) is 78.9 Å². The van der Waals surface area contributed by atoms with Crippen LogP contribution in [0.15, 0.2) is 36.4 Å². The molecule has 0 unspecified atom stereocenters. The van der Waals surface area contributed by atoms with Crippen LogP contribution in [-0.2, 0) is 25.9 Å². The number of nitro benzene ring substituents is 2. The molecule has 2 heterocycles. The van der Waals surface area contributed by atoms with E-state index in [9.17, 15) is 20.2 Å². The molecule has 0 bridgehead atoms. The Labute approximate surface area is 157 Å². The fourth-order valence-electron chi connectivity index (χ4n) is 3.38. The fourth-order valence-corrected chi connectivity index (χ4v) is 3.38. The van der Waals surface area contributed by atoms with Crippen LogP contribution >= 0.6 is 0 Å². The Bertz CT molecular complexity index is 869. The van der Waals surface area contributed by atoms with Crippen LogP contribution in [0.5, 0.6) is 0 Å². The maximum atomic E-state index is 10.6. The predicted octanol–water partition coefficient (Wildman–Crippen LogP) is 2.82. The van der Waals surface area contributed by atoms with Crippen molar-refractivity contribution in [3.63, 3.8) is 0 Å². The summed E-state index contributed by atoms with van der Waals surface area (Å²) in [6.45, 7) is 3.56. The van der Waals surface area contributed by atoms with Crippen molar-refractivity contribution in [2.75, 3.05) is 20.1 Å². The summed E-state index contributed by atoms with van der Waals surface area (Å²) in [5, 5.41) is 24.2. The number of nitrogens with zero attached hydrogens (tertiary/aromatic N) is 3. The first-order chi connectivity index (χ1) is 12.9. The van der Waals surface area contributed by atoms with Crippen molar-refractivity contribution < 1.29 is 9.85 Å². The van der Waals surface area contributed by atoms with Gasteiger partial charge in [-0.1, -0.05) is 12.1 Å². The smallest absolute Gasteiger partial charge is 0.269 e. The van der Waals surface area contributed by atoms with Gasteiger partial charge in [0.1, 0.15) is 0 Å². The highest BCUT2D eigenvalue weighted by Crippen LogP contribution is 2.23. The summed E-state index contributed by atoms with van der Waals surface area (Å²) < 4.78 is 0. The van der Waals surface area contributed by atoms with Crippen molar-refractivity contribution in [3.8, 4) is 0 Å². The Morgan fingerprint density at radius 1 is 0.889 bits per heavy atom. The van der Waals surface area contributed by atoms with E-state index in [-0.39, 0.29) is 21.2 Å². The van der Waals surface area contributed by atoms with E-state index in [1.807, 2.05) is 19.2 Å². The second-order valence-electron chi connectivity index (χ2n) is 6.83. The minimum atomic E-state index is -0.352. The summed E-state index contributed by atoms with van der Waals surface area (Å²) in [5.41, 5.74) is 4.99. The molecule has 2 aromatic carbocycles. The lowest BCUT2D eigenvalue weighted by Crippen LogP contribution is -2.26. The highest BCUT2D eigenvalue weighted by molar-refractivity contribution is 5.41. The molecule has 0 saturated carbocycles. The third-order valence-electron chi connectivity index (χ3n) is 4.89. The number of rotatable bonds is 2. The molecule has 2 aromatic rings. The molecule has 0 fully saturated rings. The molecular weight excluding hydrogens is 348 g/mol. The van der Waals surface area contributed by atoms with Gasteiger partial charge in [0.15, 0.2) is 0 Å². The highest BCUT2D eigenvalue weighted by atomic mass is 16.6. The molecule has 0 spiro atoms. The molecule has 142 valence electrons. The number of non-ortho nitro benzene ring substituents is 2. The largest absolute Gasteiger partial charge is 0.312 e. The monoisotopic (exact) mass is 370 g/mol. The minimum Gasteiger partial charge on any atom is -0.312 e. The summed E-state index contributed by atoms with van der Waals surface area (Å²) in [6.07, 6.45) is 1.96. The number of nitrogens with one attached hydrogen (secondary N) is 1.